The summed E-state index contributed by atoms with van der Waals surface area (Å²) in [6.45, 7) is 4.95. The third kappa shape index (κ3) is 5.49. The van der Waals surface area contributed by atoms with Gasteiger partial charge in [-0.05, 0) is 81.2 Å². The number of carbonyl (C=O) groups is 1. The molecule has 0 bridgehead atoms. The highest BCUT2D eigenvalue weighted by molar-refractivity contribution is 8.03. The zero-order valence-corrected chi connectivity index (χ0v) is 21.6. The SMILES string of the molecule is O=C(C1C=C(C2CCN(CCS(=O)(=O)N3CCCC3)CC2)SC1)N1CCCC2CCCCC21. The zero-order valence-electron chi connectivity index (χ0n) is 20.0. The fraction of sp³-hybridized carbons (Fsp3) is 0.880. The van der Waals surface area contributed by atoms with Gasteiger partial charge in [-0.25, -0.2) is 12.7 Å². The summed E-state index contributed by atoms with van der Waals surface area (Å²) in [5.41, 5.74) is 0. The Morgan fingerprint density at radius 3 is 2.42 bits per heavy atom. The average molecular weight is 496 g/mol. The Labute approximate surface area is 204 Å². The molecule has 3 unspecified atom stereocenters. The van der Waals surface area contributed by atoms with Crippen molar-refractivity contribution < 1.29 is 13.2 Å². The Balaban J connectivity index is 1.11. The largest absolute Gasteiger partial charge is 0.339 e. The summed E-state index contributed by atoms with van der Waals surface area (Å²) in [4.78, 5) is 19.4. The second-order valence-corrected chi connectivity index (χ2v) is 14.0. The lowest BCUT2D eigenvalue weighted by molar-refractivity contribution is -0.139. The average Bonchev–Trinajstić information content (AvgIpc) is 3.56. The van der Waals surface area contributed by atoms with E-state index in [9.17, 15) is 13.2 Å². The highest BCUT2D eigenvalue weighted by Gasteiger charge is 2.39. The molecule has 4 fully saturated rings. The minimum Gasteiger partial charge on any atom is -0.339 e. The summed E-state index contributed by atoms with van der Waals surface area (Å²) in [6, 6.07) is 0.502. The van der Waals surface area contributed by atoms with Gasteiger partial charge in [0.2, 0.25) is 15.9 Å². The molecule has 1 saturated carbocycles. The molecule has 4 aliphatic heterocycles. The summed E-state index contributed by atoms with van der Waals surface area (Å²) >= 11 is 1.91. The first-order chi connectivity index (χ1) is 16.0. The molecule has 1 amide bonds. The molecule has 33 heavy (non-hydrogen) atoms. The lowest BCUT2D eigenvalue weighted by Gasteiger charge is -2.44. The molecule has 3 atom stereocenters. The van der Waals surface area contributed by atoms with Crippen molar-refractivity contribution in [3.8, 4) is 0 Å². The molecule has 4 heterocycles. The normalized spacial score (nSPS) is 32.7. The number of allylic oxidation sites excluding steroid dienone is 1. The fourth-order valence-electron chi connectivity index (χ4n) is 6.77. The van der Waals surface area contributed by atoms with Crippen molar-refractivity contribution in [3.63, 3.8) is 0 Å². The Morgan fingerprint density at radius 1 is 0.909 bits per heavy atom. The monoisotopic (exact) mass is 495 g/mol. The van der Waals surface area contributed by atoms with Crippen molar-refractivity contribution in [1.29, 1.82) is 0 Å². The van der Waals surface area contributed by atoms with Gasteiger partial charge in [0.05, 0.1) is 11.7 Å². The maximum atomic E-state index is 13.4. The van der Waals surface area contributed by atoms with Crippen LogP contribution in [0.15, 0.2) is 11.0 Å². The first-order valence-electron chi connectivity index (χ1n) is 13.4. The van der Waals surface area contributed by atoms with Crippen molar-refractivity contribution >= 4 is 27.7 Å². The van der Waals surface area contributed by atoms with Gasteiger partial charge in [0.15, 0.2) is 0 Å². The van der Waals surface area contributed by atoms with Crippen LogP contribution in [0.2, 0.25) is 0 Å². The molecule has 0 aromatic carbocycles. The van der Waals surface area contributed by atoms with Crippen LogP contribution in [0.4, 0.5) is 0 Å². The van der Waals surface area contributed by atoms with E-state index in [2.05, 4.69) is 15.9 Å². The number of rotatable bonds is 6. The van der Waals surface area contributed by atoms with Gasteiger partial charge in [0.1, 0.15) is 0 Å². The molecule has 3 saturated heterocycles. The number of nitrogens with zero attached hydrogens (tertiary/aromatic N) is 3. The fourth-order valence-corrected chi connectivity index (χ4v) is 9.67. The summed E-state index contributed by atoms with van der Waals surface area (Å²) < 4.78 is 26.7. The van der Waals surface area contributed by atoms with E-state index in [-0.39, 0.29) is 11.7 Å². The number of fused-ring (bicyclic) bond motifs is 1. The molecular formula is C25H41N3O3S2. The Kier molecular flexibility index (Phi) is 7.74. The molecule has 8 heteroatoms. The maximum Gasteiger partial charge on any atom is 0.230 e. The number of amides is 1. The molecule has 0 aromatic heterocycles. The predicted octanol–water partition coefficient (Wildman–Crippen LogP) is 3.55. The third-order valence-corrected chi connectivity index (χ3v) is 11.9. The van der Waals surface area contributed by atoms with Crippen LogP contribution < -0.4 is 0 Å². The smallest absolute Gasteiger partial charge is 0.230 e. The summed E-state index contributed by atoms with van der Waals surface area (Å²) in [5.74, 6) is 2.91. The van der Waals surface area contributed by atoms with Gasteiger partial charge in [-0.15, -0.1) is 11.8 Å². The summed E-state index contributed by atoms with van der Waals surface area (Å²) in [6.07, 6.45) is 14.1. The number of thioether (sulfide) groups is 1. The predicted molar refractivity (Wildman–Crippen MR) is 134 cm³/mol. The van der Waals surface area contributed by atoms with Crippen LogP contribution in [0.25, 0.3) is 0 Å². The molecule has 5 rings (SSSR count). The Morgan fingerprint density at radius 2 is 1.64 bits per heavy atom. The number of carbonyl (C=O) groups excluding carboxylic acids is 1. The summed E-state index contributed by atoms with van der Waals surface area (Å²) in [7, 11) is -3.09. The molecule has 186 valence electrons. The first kappa shape index (κ1) is 24.1. The lowest BCUT2D eigenvalue weighted by Crippen LogP contribution is -2.51. The van der Waals surface area contributed by atoms with Crippen LogP contribution in [-0.4, -0.2) is 85.2 Å². The quantitative estimate of drug-likeness (QED) is 0.564. The number of sulfonamides is 1. The second-order valence-electron chi connectivity index (χ2n) is 10.8. The van der Waals surface area contributed by atoms with Gasteiger partial charge in [0.25, 0.3) is 0 Å². The number of hydrogen-bond donors (Lipinski definition) is 0. The first-order valence-corrected chi connectivity index (χ1v) is 16.0. The van der Waals surface area contributed by atoms with Crippen molar-refractivity contribution in [2.24, 2.45) is 17.8 Å². The molecule has 0 aromatic rings. The van der Waals surface area contributed by atoms with E-state index in [1.165, 1.54) is 43.4 Å². The van der Waals surface area contributed by atoms with Crippen molar-refractivity contribution in [3.05, 3.63) is 11.0 Å². The maximum absolute atomic E-state index is 13.4. The van der Waals surface area contributed by atoms with Crippen molar-refractivity contribution in [2.75, 3.05) is 50.8 Å². The lowest BCUT2D eigenvalue weighted by atomic mass is 9.78. The van der Waals surface area contributed by atoms with Gasteiger partial charge in [-0.3, -0.25) is 4.79 Å². The van der Waals surface area contributed by atoms with Gasteiger partial charge in [-0.2, -0.15) is 0 Å². The molecule has 1 aliphatic carbocycles. The number of hydrogen-bond acceptors (Lipinski definition) is 5. The highest BCUT2D eigenvalue weighted by atomic mass is 32.2. The topological polar surface area (TPSA) is 60.9 Å². The van der Waals surface area contributed by atoms with Gasteiger partial charge in [-0.1, -0.05) is 18.9 Å². The van der Waals surface area contributed by atoms with Gasteiger partial charge < -0.3 is 9.80 Å². The number of likely N-dealkylation sites (tertiary alicyclic amines) is 2. The Bertz CT molecular complexity index is 830. The van der Waals surface area contributed by atoms with Crippen LogP contribution >= 0.6 is 11.8 Å². The molecule has 6 nitrogen and oxygen atoms in total. The van der Waals surface area contributed by atoms with E-state index < -0.39 is 10.0 Å². The number of piperidine rings is 2. The van der Waals surface area contributed by atoms with Gasteiger partial charge >= 0.3 is 0 Å². The van der Waals surface area contributed by atoms with Crippen molar-refractivity contribution in [2.45, 2.75) is 70.3 Å². The van der Waals surface area contributed by atoms with E-state index in [0.29, 0.717) is 37.5 Å². The summed E-state index contributed by atoms with van der Waals surface area (Å²) in [5, 5.41) is 0. The Hall–Kier alpha value is -0.570. The van der Waals surface area contributed by atoms with Gasteiger partial charge in [0, 0.05) is 38.0 Å². The van der Waals surface area contributed by atoms with E-state index in [0.717, 1.165) is 57.0 Å². The molecule has 0 radical (unpaired) electrons. The standard InChI is InChI=1S/C25H41N3O3S2/c29-25(28-13-5-7-20-6-1-2-8-23(20)28)22-18-24(32-19-22)21-9-14-26(15-10-21)16-17-33(30,31)27-11-3-4-12-27/h18,20-23H,1-17,19H2. The van der Waals surface area contributed by atoms with Crippen LogP contribution in [0.1, 0.15) is 64.2 Å². The van der Waals surface area contributed by atoms with Crippen LogP contribution in [0.5, 0.6) is 0 Å². The zero-order chi connectivity index (χ0) is 22.8. The van der Waals surface area contributed by atoms with Crippen molar-refractivity contribution in [1.82, 2.24) is 14.1 Å². The molecule has 0 spiro atoms. The molecule has 0 N–H and O–H groups in total. The van der Waals surface area contributed by atoms with Crippen LogP contribution in [-0.2, 0) is 14.8 Å². The minimum absolute atomic E-state index is 0.0642. The highest BCUT2D eigenvalue weighted by Crippen LogP contribution is 2.41. The van der Waals surface area contributed by atoms with Crippen LogP contribution in [0, 0.1) is 17.8 Å². The molecular weight excluding hydrogens is 454 g/mol. The van der Waals surface area contributed by atoms with E-state index in [1.54, 1.807) is 4.31 Å². The van der Waals surface area contributed by atoms with E-state index in [4.69, 9.17) is 0 Å². The van der Waals surface area contributed by atoms with Crippen LogP contribution in [0.3, 0.4) is 0 Å². The van der Waals surface area contributed by atoms with E-state index >= 15 is 0 Å². The third-order valence-electron chi connectivity index (χ3n) is 8.75. The minimum atomic E-state index is -3.09. The molecule has 5 aliphatic rings. The second kappa shape index (κ2) is 10.6. The van der Waals surface area contributed by atoms with E-state index in [1.807, 2.05) is 11.8 Å².